The number of aromatic amines is 1. The molecule has 102 valence electrons. The van der Waals surface area contributed by atoms with E-state index in [0.717, 1.165) is 12.4 Å². The van der Waals surface area contributed by atoms with Crippen molar-refractivity contribution in [1.29, 1.82) is 0 Å². The first-order valence-electron chi connectivity index (χ1n) is 7.11. The Morgan fingerprint density at radius 3 is 2.47 bits per heavy atom. The Hall–Kier alpha value is -1.61. The topological polar surface area (TPSA) is 40.7 Å². The Morgan fingerprint density at radius 2 is 1.89 bits per heavy atom. The Bertz CT molecular complexity index is 446. The van der Waals surface area contributed by atoms with E-state index in [9.17, 15) is 0 Å². The fraction of sp³-hybridized carbons (Fsp3) is 0.438. The molecule has 2 N–H and O–H groups in total. The van der Waals surface area contributed by atoms with Crippen molar-refractivity contribution in [2.45, 2.75) is 39.3 Å². The van der Waals surface area contributed by atoms with Crippen LogP contribution in [0.4, 0.5) is 0 Å². The van der Waals surface area contributed by atoms with Crippen molar-refractivity contribution in [2.75, 3.05) is 0 Å². The second kappa shape index (κ2) is 7.10. The lowest BCUT2D eigenvalue weighted by molar-refractivity contribution is 0.337. The van der Waals surface area contributed by atoms with Crippen LogP contribution >= 0.6 is 0 Å². The van der Waals surface area contributed by atoms with Gasteiger partial charge in [-0.1, -0.05) is 57.0 Å². The highest BCUT2D eigenvalue weighted by Crippen LogP contribution is 2.27. The molecule has 1 unspecified atom stereocenters. The summed E-state index contributed by atoms with van der Waals surface area (Å²) in [5.41, 5.74) is 1.36. The van der Waals surface area contributed by atoms with Gasteiger partial charge in [-0.25, -0.2) is 4.98 Å². The van der Waals surface area contributed by atoms with Crippen LogP contribution in [0.25, 0.3) is 0 Å². The molecule has 0 bridgehead atoms. The zero-order valence-electron chi connectivity index (χ0n) is 11.8. The van der Waals surface area contributed by atoms with Crippen molar-refractivity contribution in [3.05, 3.63) is 54.1 Å². The number of nitrogens with zero attached hydrogens (tertiary/aromatic N) is 1. The summed E-state index contributed by atoms with van der Waals surface area (Å²) in [6, 6.07) is 11.1. The Kier molecular flexibility index (Phi) is 5.16. The summed E-state index contributed by atoms with van der Waals surface area (Å²) in [7, 11) is 0. The van der Waals surface area contributed by atoms with Gasteiger partial charge in [0.05, 0.1) is 6.54 Å². The number of nitrogens with one attached hydrogen (secondary N) is 2. The second-order valence-electron chi connectivity index (χ2n) is 4.88. The highest BCUT2D eigenvalue weighted by atomic mass is 15.0. The molecule has 1 aromatic heterocycles. The number of hydrogen-bond acceptors (Lipinski definition) is 2. The van der Waals surface area contributed by atoms with E-state index in [-0.39, 0.29) is 0 Å². The monoisotopic (exact) mass is 257 g/mol. The van der Waals surface area contributed by atoms with Gasteiger partial charge >= 0.3 is 0 Å². The number of aromatic nitrogens is 2. The van der Waals surface area contributed by atoms with Gasteiger partial charge in [-0.15, -0.1) is 0 Å². The van der Waals surface area contributed by atoms with Crippen molar-refractivity contribution < 1.29 is 0 Å². The van der Waals surface area contributed by atoms with Crippen molar-refractivity contribution in [2.24, 2.45) is 5.92 Å². The van der Waals surface area contributed by atoms with Crippen LogP contribution in [0, 0.1) is 5.92 Å². The third-order valence-electron chi connectivity index (χ3n) is 3.72. The summed E-state index contributed by atoms with van der Waals surface area (Å²) in [6.45, 7) is 5.31. The summed E-state index contributed by atoms with van der Waals surface area (Å²) in [6.07, 6.45) is 6.03. The number of H-pyrrole nitrogens is 1. The molecule has 19 heavy (non-hydrogen) atoms. The van der Waals surface area contributed by atoms with Gasteiger partial charge < -0.3 is 10.3 Å². The second-order valence-corrected chi connectivity index (χ2v) is 4.88. The van der Waals surface area contributed by atoms with Crippen molar-refractivity contribution in [1.82, 2.24) is 15.3 Å². The highest BCUT2D eigenvalue weighted by Gasteiger charge is 2.19. The molecule has 1 aromatic carbocycles. The average Bonchev–Trinajstić information content (AvgIpc) is 2.97. The number of benzene rings is 1. The van der Waals surface area contributed by atoms with Gasteiger partial charge in [0.1, 0.15) is 5.82 Å². The molecule has 1 atom stereocenters. The third-order valence-corrected chi connectivity index (χ3v) is 3.72. The molecule has 1 heterocycles. The molecular formula is C16H23N3. The summed E-state index contributed by atoms with van der Waals surface area (Å²) in [4.78, 5) is 7.42. The highest BCUT2D eigenvalue weighted by molar-refractivity contribution is 5.19. The smallest absolute Gasteiger partial charge is 0.120 e. The number of imidazole rings is 1. The van der Waals surface area contributed by atoms with E-state index in [1.165, 1.54) is 18.4 Å². The third kappa shape index (κ3) is 3.67. The molecule has 0 amide bonds. The van der Waals surface area contributed by atoms with Crippen LogP contribution < -0.4 is 5.32 Å². The largest absolute Gasteiger partial charge is 0.348 e. The minimum Gasteiger partial charge on any atom is -0.348 e. The summed E-state index contributed by atoms with van der Waals surface area (Å²) < 4.78 is 0. The standard InChI is InChI=1S/C16H23N3/c1-3-13(4-2)16(14-8-6-5-7-9-14)19-12-15-17-10-11-18-15/h5-11,13,16,19H,3-4,12H2,1-2H3,(H,17,18). The van der Waals surface area contributed by atoms with Gasteiger partial charge in [0, 0.05) is 18.4 Å². The first-order valence-corrected chi connectivity index (χ1v) is 7.11. The van der Waals surface area contributed by atoms with E-state index >= 15 is 0 Å². The predicted octanol–water partition coefficient (Wildman–Crippen LogP) is 3.68. The van der Waals surface area contributed by atoms with E-state index < -0.39 is 0 Å². The van der Waals surface area contributed by atoms with Gasteiger partial charge in [-0.3, -0.25) is 0 Å². The molecule has 2 rings (SSSR count). The summed E-state index contributed by atoms with van der Waals surface area (Å²) in [5, 5.41) is 3.65. The van der Waals surface area contributed by atoms with Crippen molar-refractivity contribution in [3.8, 4) is 0 Å². The average molecular weight is 257 g/mol. The molecule has 0 saturated heterocycles. The van der Waals surface area contributed by atoms with Gasteiger partial charge in [0.15, 0.2) is 0 Å². The van der Waals surface area contributed by atoms with Crippen molar-refractivity contribution in [3.63, 3.8) is 0 Å². The Morgan fingerprint density at radius 1 is 1.16 bits per heavy atom. The predicted molar refractivity (Wildman–Crippen MR) is 78.7 cm³/mol. The molecule has 0 aliphatic rings. The number of hydrogen-bond donors (Lipinski definition) is 2. The minimum atomic E-state index is 0.390. The SMILES string of the molecule is CCC(CC)C(NCc1ncc[nH]1)c1ccccc1. The molecule has 0 aliphatic carbocycles. The lowest BCUT2D eigenvalue weighted by Gasteiger charge is -2.26. The first kappa shape index (κ1) is 13.8. The van der Waals surface area contributed by atoms with Crippen LogP contribution in [0.15, 0.2) is 42.7 Å². The molecule has 0 aliphatic heterocycles. The van der Waals surface area contributed by atoms with Crippen LogP contribution in [-0.4, -0.2) is 9.97 Å². The van der Waals surface area contributed by atoms with Gasteiger partial charge in [0.25, 0.3) is 0 Å². The normalized spacial score (nSPS) is 12.8. The molecule has 3 nitrogen and oxygen atoms in total. The van der Waals surface area contributed by atoms with E-state index in [0.29, 0.717) is 12.0 Å². The van der Waals surface area contributed by atoms with Crippen LogP contribution in [0.5, 0.6) is 0 Å². The zero-order valence-corrected chi connectivity index (χ0v) is 11.8. The van der Waals surface area contributed by atoms with Crippen LogP contribution in [-0.2, 0) is 6.54 Å². The maximum absolute atomic E-state index is 4.27. The van der Waals surface area contributed by atoms with Crippen LogP contribution in [0.1, 0.15) is 44.1 Å². The molecule has 3 heteroatoms. The van der Waals surface area contributed by atoms with Crippen LogP contribution in [0.2, 0.25) is 0 Å². The number of rotatable bonds is 7. The maximum atomic E-state index is 4.27. The molecule has 0 fully saturated rings. The minimum absolute atomic E-state index is 0.390. The molecular weight excluding hydrogens is 234 g/mol. The molecule has 0 spiro atoms. The quantitative estimate of drug-likeness (QED) is 0.794. The van der Waals surface area contributed by atoms with E-state index in [1.54, 1.807) is 6.20 Å². The molecule has 0 radical (unpaired) electrons. The lowest BCUT2D eigenvalue weighted by Crippen LogP contribution is -2.28. The maximum Gasteiger partial charge on any atom is 0.120 e. The summed E-state index contributed by atoms with van der Waals surface area (Å²) in [5.74, 6) is 1.64. The Balaban J connectivity index is 2.10. The van der Waals surface area contributed by atoms with E-state index in [4.69, 9.17) is 0 Å². The molecule has 0 saturated carbocycles. The van der Waals surface area contributed by atoms with E-state index in [1.807, 2.05) is 6.20 Å². The van der Waals surface area contributed by atoms with Gasteiger partial charge in [-0.2, -0.15) is 0 Å². The lowest BCUT2D eigenvalue weighted by atomic mass is 9.89. The van der Waals surface area contributed by atoms with Crippen molar-refractivity contribution >= 4 is 0 Å². The van der Waals surface area contributed by atoms with Gasteiger partial charge in [-0.05, 0) is 11.5 Å². The Labute approximate surface area is 115 Å². The van der Waals surface area contributed by atoms with Gasteiger partial charge in [0.2, 0.25) is 0 Å². The first-order chi connectivity index (χ1) is 9.35. The fourth-order valence-corrected chi connectivity index (χ4v) is 2.58. The summed E-state index contributed by atoms with van der Waals surface area (Å²) >= 11 is 0. The van der Waals surface area contributed by atoms with E-state index in [2.05, 4.69) is 59.5 Å². The molecule has 2 aromatic rings. The van der Waals surface area contributed by atoms with Crippen LogP contribution in [0.3, 0.4) is 0 Å². The zero-order chi connectivity index (χ0) is 13.5. The fourth-order valence-electron chi connectivity index (χ4n) is 2.58.